The lowest BCUT2D eigenvalue weighted by atomic mass is 10.2. The molecule has 0 radical (unpaired) electrons. The Morgan fingerprint density at radius 2 is 1.90 bits per heavy atom. The van der Waals surface area contributed by atoms with E-state index in [1.807, 2.05) is 0 Å². The molecule has 2 aromatic heterocycles. The summed E-state index contributed by atoms with van der Waals surface area (Å²) in [4.78, 5) is 20.3. The minimum absolute atomic E-state index is 0.187. The molecular weight excluding hydrogens is 272 g/mol. The van der Waals surface area contributed by atoms with Crippen molar-refractivity contribution in [2.45, 2.75) is 0 Å². The molecule has 0 aliphatic heterocycles. The van der Waals surface area contributed by atoms with Crippen molar-refractivity contribution in [2.24, 2.45) is 0 Å². The lowest BCUT2D eigenvalue weighted by Crippen LogP contribution is -2.04. The first-order chi connectivity index (χ1) is 10.2. The van der Waals surface area contributed by atoms with E-state index in [9.17, 15) is 4.79 Å². The van der Waals surface area contributed by atoms with Gasteiger partial charge in [0.2, 0.25) is 5.89 Å². The van der Waals surface area contributed by atoms with Gasteiger partial charge in [0.1, 0.15) is 5.39 Å². The van der Waals surface area contributed by atoms with Gasteiger partial charge in [-0.1, -0.05) is 0 Å². The number of hydrogen-bond donors (Lipinski definition) is 0. The summed E-state index contributed by atoms with van der Waals surface area (Å²) in [6, 6.07) is 8.44. The molecule has 0 aliphatic rings. The molecule has 21 heavy (non-hydrogen) atoms. The Morgan fingerprint density at radius 1 is 1.10 bits per heavy atom. The van der Waals surface area contributed by atoms with E-state index in [0.717, 1.165) is 0 Å². The van der Waals surface area contributed by atoms with Crippen LogP contribution in [0.15, 0.2) is 45.7 Å². The number of fused-ring (bicyclic) bond motifs is 1. The van der Waals surface area contributed by atoms with Crippen molar-refractivity contribution in [3.05, 3.63) is 46.9 Å². The molecular formula is C15H12N2O4. The van der Waals surface area contributed by atoms with Crippen LogP contribution in [0.25, 0.3) is 22.5 Å². The number of rotatable bonds is 3. The Hall–Kier alpha value is -2.89. The number of hydrogen-bond acceptors (Lipinski definition) is 6. The van der Waals surface area contributed by atoms with Crippen LogP contribution in [0.4, 0.5) is 0 Å². The first-order valence-corrected chi connectivity index (χ1v) is 6.21. The lowest BCUT2D eigenvalue weighted by molar-refractivity contribution is 0.355. The van der Waals surface area contributed by atoms with Crippen LogP contribution in [0.2, 0.25) is 0 Å². The zero-order valence-corrected chi connectivity index (χ0v) is 11.5. The summed E-state index contributed by atoms with van der Waals surface area (Å²) in [6.45, 7) is 0. The molecule has 6 heteroatoms. The first kappa shape index (κ1) is 13.1. The highest BCUT2D eigenvalue weighted by Crippen LogP contribution is 2.31. The number of nitrogens with zero attached hydrogens (tertiary/aromatic N) is 2. The van der Waals surface area contributed by atoms with Gasteiger partial charge in [-0.25, -0.2) is 9.78 Å². The minimum Gasteiger partial charge on any atom is -0.493 e. The van der Waals surface area contributed by atoms with Gasteiger partial charge in [0.25, 0.3) is 0 Å². The van der Waals surface area contributed by atoms with Gasteiger partial charge in [-0.05, 0) is 30.3 Å². The summed E-state index contributed by atoms with van der Waals surface area (Å²) in [5, 5.41) is 0.349. The third-order valence-corrected chi connectivity index (χ3v) is 3.03. The Labute approximate surface area is 120 Å². The fraction of sp³-hybridized carbons (Fsp3) is 0.133. The monoisotopic (exact) mass is 284 g/mol. The summed E-state index contributed by atoms with van der Waals surface area (Å²) in [7, 11) is 3.09. The van der Waals surface area contributed by atoms with Gasteiger partial charge in [-0.2, -0.15) is 4.98 Å². The van der Waals surface area contributed by atoms with Crippen LogP contribution < -0.4 is 15.1 Å². The van der Waals surface area contributed by atoms with E-state index in [1.54, 1.807) is 43.6 Å². The number of ether oxygens (including phenoxy) is 2. The third-order valence-electron chi connectivity index (χ3n) is 3.03. The lowest BCUT2D eigenvalue weighted by Gasteiger charge is -2.08. The van der Waals surface area contributed by atoms with E-state index in [-0.39, 0.29) is 5.89 Å². The van der Waals surface area contributed by atoms with Gasteiger partial charge in [0.05, 0.1) is 14.2 Å². The van der Waals surface area contributed by atoms with Crippen molar-refractivity contribution in [2.75, 3.05) is 14.2 Å². The van der Waals surface area contributed by atoms with Crippen LogP contribution >= 0.6 is 0 Å². The quantitative estimate of drug-likeness (QED) is 0.734. The van der Waals surface area contributed by atoms with Gasteiger partial charge in [-0.15, -0.1) is 0 Å². The van der Waals surface area contributed by atoms with Crippen LogP contribution in [0.1, 0.15) is 0 Å². The Kier molecular flexibility index (Phi) is 3.27. The predicted molar refractivity (Wildman–Crippen MR) is 76.6 cm³/mol. The van der Waals surface area contributed by atoms with Gasteiger partial charge < -0.3 is 13.9 Å². The van der Waals surface area contributed by atoms with Crippen LogP contribution in [0.5, 0.6) is 11.5 Å². The summed E-state index contributed by atoms with van der Waals surface area (Å²) in [6.07, 6.45) is 1.58. The number of pyridine rings is 1. The molecule has 0 atom stereocenters. The van der Waals surface area contributed by atoms with Crippen molar-refractivity contribution in [1.29, 1.82) is 0 Å². The molecule has 1 aromatic carbocycles. The number of aromatic nitrogens is 2. The van der Waals surface area contributed by atoms with E-state index in [4.69, 9.17) is 13.9 Å². The second-order valence-corrected chi connectivity index (χ2v) is 4.25. The Bertz CT molecular complexity index is 858. The smallest absolute Gasteiger partial charge is 0.348 e. The fourth-order valence-electron chi connectivity index (χ4n) is 2.00. The average Bonchev–Trinajstić information content (AvgIpc) is 2.54. The SMILES string of the molecule is COc1ccc(-c2nc3ncccc3c(=O)o2)cc1OC. The normalized spacial score (nSPS) is 10.6. The summed E-state index contributed by atoms with van der Waals surface area (Å²) < 4.78 is 15.6. The van der Waals surface area contributed by atoms with Crippen LogP contribution in [0, 0.1) is 0 Å². The number of benzene rings is 1. The molecule has 3 rings (SSSR count). The zero-order chi connectivity index (χ0) is 14.8. The van der Waals surface area contributed by atoms with E-state index in [0.29, 0.717) is 28.1 Å². The summed E-state index contributed by atoms with van der Waals surface area (Å²) >= 11 is 0. The van der Waals surface area contributed by atoms with Crippen LogP contribution in [-0.4, -0.2) is 24.2 Å². The van der Waals surface area contributed by atoms with Crippen molar-refractivity contribution < 1.29 is 13.9 Å². The molecule has 2 heterocycles. The van der Waals surface area contributed by atoms with Crippen LogP contribution in [0.3, 0.4) is 0 Å². The molecule has 0 saturated heterocycles. The van der Waals surface area contributed by atoms with Crippen LogP contribution in [-0.2, 0) is 0 Å². The van der Waals surface area contributed by atoms with Gasteiger partial charge in [-0.3, -0.25) is 0 Å². The average molecular weight is 284 g/mol. The standard InChI is InChI=1S/C15H12N2O4/c1-19-11-6-5-9(8-12(11)20-2)14-17-13-10(15(18)21-14)4-3-7-16-13/h3-8H,1-2H3. The van der Waals surface area contributed by atoms with E-state index in [2.05, 4.69) is 9.97 Å². The molecule has 0 amide bonds. The molecule has 0 unspecified atom stereocenters. The maximum absolute atomic E-state index is 11.9. The maximum Gasteiger partial charge on any atom is 0.348 e. The third kappa shape index (κ3) is 2.31. The predicted octanol–water partition coefficient (Wildman–Crippen LogP) is 2.27. The Balaban J connectivity index is 2.18. The second-order valence-electron chi connectivity index (χ2n) is 4.25. The highest BCUT2D eigenvalue weighted by atomic mass is 16.5. The van der Waals surface area contributed by atoms with Crippen molar-refractivity contribution in [1.82, 2.24) is 9.97 Å². The van der Waals surface area contributed by atoms with Crippen molar-refractivity contribution in [3.63, 3.8) is 0 Å². The van der Waals surface area contributed by atoms with Gasteiger partial charge >= 0.3 is 5.63 Å². The minimum atomic E-state index is -0.474. The second kappa shape index (κ2) is 5.24. The molecule has 0 bridgehead atoms. The van der Waals surface area contributed by atoms with Gasteiger partial charge in [0.15, 0.2) is 17.1 Å². The first-order valence-electron chi connectivity index (χ1n) is 6.21. The summed E-state index contributed by atoms with van der Waals surface area (Å²) in [5.41, 5.74) is 0.480. The Morgan fingerprint density at radius 3 is 2.67 bits per heavy atom. The highest BCUT2D eigenvalue weighted by Gasteiger charge is 2.12. The molecule has 0 saturated carbocycles. The van der Waals surface area contributed by atoms with E-state index < -0.39 is 5.63 Å². The van der Waals surface area contributed by atoms with Crippen molar-refractivity contribution >= 4 is 11.0 Å². The zero-order valence-electron chi connectivity index (χ0n) is 11.5. The largest absolute Gasteiger partial charge is 0.493 e. The van der Waals surface area contributed by atoms with E-state index >= 15 is 0 Å². The fourth-order valence-corrected chi connectivity index (χ4v) is 2.00. The molecule has 0 N–H and O–H groups in total. The van der Waals surface area contributed by atoms with E-state index in [1.165, 1.54) is 7.11 Å². The topological polar surface area (TPSA) is 74.5 Å². The molecule has 6 nitrogen and oxygen atoms in total. The van der Waals surface area contributed by atoms with Crippen molar-refractivity contribution in [3.8, 4) is 23.0 Å². The maximum atomic E-state index is 11.9. The number of methoxy groups -OCH3 is 2. The molecule has 0 fully saturated rings. The highest BCUT2D eigenvalue weighted by molar-refractivity contribution is 5.74. The molecule has 3 aromatic rings. The summed E-state index contributed by atoms with van der Waals surface area (Å²) in [5.74, 6) is 1.30. The molecule has 0 aliphatic carbocycles. The molecule has 0 spiro atoms. The van der Waals surface area contributed by atoms with Gasteiger partial charge in [0, 0.05) is 11.8 Å². The molecule has 106 valence electrons.